The summed E-state index contributed by atoms with van der Waals surface area (Å²) in [6, 6.07) is 0. The smallest absolute Gasteiger partial charge is 0.328 e. The Balaban J connectivity index is 0.00000324. The Bertz CT molecular complexity index is 482. The number of benzene rings is 1. The molecule has 0 amide bonds. The highest BCUT2D eigenvalue weighted by atomic mass is 16.6. The molecule has 8 N–H and O–H groups in total. The topological polar surface area (TPSA) is 241 Å². The number of hydrogen-bond acceptors (Lipinski definition) is 9. The monoisotopic (exact) mass is 276 g/mol. The molecule has 13 heteroatoms. The van der Waals surface area contributed by atoms with Crippen molar-refractivity contribution in [2.45, 2.75) is 0 Å². The fourth-order valence-electron chi connectivity index (χ4n) is 1.29. The minimum Gasteiger partial charge on any atom is -0.863 e. The van der Waals surface area contributed by atoms with E-state index in [2.05, 4.69) is 0 Å². The minimum absolute atomic E-state index is 0. The van der Waals surface area contributed by atoms with Gasteiger partial charge < -0.3 is 22.7 Å². The first-order chi connectivity index (χ1) is 8.20. The number of nitrogens with zero attached hydrogens (tertiary/aromatic N) is 3. The third-order valence-electron chi connectivity index (χ3n) is 2.00. The molecule has 0 aromatic heterocycles. The normalized spacial score (nSPS) is 9.47. The Morgan fingerprint density at radius 1 is 0.737 bits per heavy atom. The Kier molecular flexibility index (Phi) is 4.12. The lowest BCUT2D eigenvalue weighted by Gasteiger charge is -2.11. The van der Waals surface area contributed by atoms with E-state index in [0.717, 1.165) is 0 Å². The maximum Gasteiger partial charge on any atom is 0.328 e. The summed E-state index contributed by atoms with van der Waals surface area (Å²) in [4.78, 5) is 27.8. The number of anilines is 2. The van der Waals surface area contributed by atoms with Gasteiger partial charge >= 0.3 is 5.69 Å². The fraction of sp³-hybridized carbons (Fsp3) is 0. The molecular formula is C6H8N6O7. The van der Waals surface area contributed by atoms with Gasteiger partial charge in [-0.05, 0) is 0 Å². The van der Waals surface area contributed by atoms with Crippen LogP contribution in [0.25, 0.3) is 0 Å². The van der Waals surface area contributed by atoms with Crippen molar-refractivity contribution in [2.24, 2.45) is 0 Å². The molecule has 0 spiro atoms. The maximum atomic E-state index is 11.4. The van der Waals surface area contributed by atoms with Crippen LogP contribution >= 0.6 is 0 Å². The minimum atomic E-state index is -1.68. The lowest BCUT2D eigenvalue weighted by Crippen LogP contribution is -2.11. The molecule has 0 saturated heterocycles. The van der Waals surface area contributed by atoms with Crippen molar-refractivity contribution in [1.82, 2.24) is 6.15 Å². The van der Waals surface area contributed by atoms with E-state index in [1.807, 2.05) is 0 Å². The molecule has 0 saturated carbocycles. The zero-order chi connectivity index (χ0) is 14.2. The molecule has 19 heavy (non-hydrogen) atoms. The van der Waals surface area contributed by atoms with Crippen molar-refractivity contribution in [2.75, 3.05) is 11.5 Å². The molecule has 0 aliphatic carbocycles. The van der Waals surface area contributed by atoms with Crippen molar-refractivity contribution in [1.29, 1.82) is 0 Å². The third-order valence-corrected chi connectivity index (χ3v) is 2.00. The summed E-state index contributed by atoms with van der Waals surface area (Å²) in [6.07, 6.45) is 0. The molecule has 1 aromatic rings. The third kappa shape index (κ3) is 2.25. The second-order valence-corrected chi connectivity index (χ2v) is 2.97. The van der Waals surface area contributed by atoms with Crippen LogP contribution in [0.1, 0.15) is 0 Å². The van der Waals surface area contributed by atoms with Crippen LogP contribution in [-0.2, 0) is 0 Å². The van der Waals surface area contributed by atoms with Crippen LogP contribution in [0.15, 0.2) is 0 Å². The number of nitro groups is 3. The van der Waals surface area contributed by atoms with Gasteiger partial charge in [0.05, 0.1) is 20.5 Å². The highest BCUT2D eigenvalue weighted by molar-refractivity contribution is 5.92. The molecular weight excluding hydrogens is 268 g/mol. The lowest BCUT2D eigenvalue weighted by atomic mass is 10.1. The second kappa shape index (κ2) is 4.96. The summed E-state index contributed by atoms with van der Waals surface area (Å²) in [6.45, 7) is 0. The Labute approximate surface area is 103 Å². The van der Waals surface area contributed by atoms with Crippen LogP contribution in [0.3, 0.4) is 0 Å². The summed E-state index contributed by atoms with van der Waals surface area (Å²) in [5.41, 5.74) is 3.80. The van der Waals surface area contributed by atoms with E-state index in [-0.39, 0.29) is 6.15 Å². The standard InChI is InChI=1S/C6H5N5O7.H3N/c7-1-3(9(13)14)2(8)5(11(17)18)6(12)4(1)10(15)16;/h12H,7-8H2;1H3. The van der Waals surface area contributed by atoms with E-state index in [4.69, 9.17) is 11.5 Å². The van der Waals surface area contributed by atoms with Crippen LogP contribution in [0.4, 0.5) is 28.4 Å². The average Bonchev–Trinajstić information content (AvgIpc) is 2.14. The number of nitrogen functional groups attached to an aromatic ring is 2. The Morgan fingerprint density at radius 2 is 1.00 bits per heavy atom. The quantitative estimate of drug-likeness (QED) is 0.382. The van der Waals surface area contributed by atoms with Gasteiger partial charge in [0.2, 0.25) is 0 Å². The van der Waals surface area contributed by atoms with Crippen molar-refractivity contribution in [3.63, 3.8) is 0 Å². The summed E-state index contributed by atoms with van der Waals surface area (Å²) >= 11 is 0. The van der Waals surface area contributed by atoms with Gasteiger partial charge in [-0.2, -0.15) is 0 Å². The molecule has 1 rings (SSSR count). The van der Waals surface area contributed by atoms with Crippen LogP contribution < -0.4 is 22.7 Å². The van der Waals surface area contributed by atoms with Gasteiger partial charge in [0.1, 0.15) is 0 Å². The van der Waals surface area contributed by atoms with Gasteiger partial charge in [-0.15, -0.1) is 0 Å². The van der Waals surface area contributed by atoms with E-state index < -0.39 is 49.0 Å². The number of rotatable bonds is 3. The van der Waals surface area contributed by atoms with Crippen molar-refractivity contribution in [3.05, 3.63) is 30.3 Å². The first-order valence-electron chi connectivity index (χ1n) is 4.05. The number of hydrogen-bond donors (Lipinski definition) is 3. The second-order valence-electron chi connectivity index (χ2n) is 2.97. The summed E-state index contributed by atoms with van der Waals surface area (Å²) < 4.78 is 0. The first kappa shape index (κ1) is 15.8. The molecule has 0 aliphatic rings. The SMILES string of the molecule is Nc1c([N+](=O)[O-])c(N)c([N+](=O)[O-])c([O-])c1[N+](=O)[O-].[NH4+]. The summed E-state index contributed by atoms with van der Waals surface area (Å²) in [7, 11) is 0. The molecule has 0 radical (unpaired) electrons. The van der Waals surface area contributed by atoms with E-state index >= 15 is 0 Å². The summed E-state index contributed by atoms with van der Waals surface area (Å²) in [5.74, 6) is -1.68. The van der Waals surface area contributed by atoms with Crippen LogP contribution in [0.5, 0.6) is 5.75 Å². The van der Waals surface area contributed by atoms with Crippen LogP contribution in [0.2, 0.25) is 0 Å². The van der Waals surface area contributed by atoms with Gasteiger partial charge in [0, 0.05) is 0 Å². The summed E-state index contributed by atoms with van der Waals surface area (Å²) in [5, 5.41) is 43.1. The van der Waals surface area contributed by atoms with E-state index in [1.54, 1.807) is 0 Å². The highest BCUT2D eigenvalue weighted by Gasteiger charge is 2.35. The van der Waals surface area contributed by atoms with Crippen LogP contribution in [-0.4, -0.2) is 14.8 Å². The fourth-order valence-corrected chi connectivity index (χ4v) is 1.29. The predicted molar refractivity (Wildman–Crippen MR) is 60.7 cm³/mol. The van der Waals surface area contributed by atoms with Gasteiger partial charge in [0.15, 0.2) is 11.4 Å². The number of nitro benzene ring substituents is 3. The largest absolute Gasteiger partial charge is 0.863 e. The molecule has 0 atom stereocenters. The van der Waals surface area contributed by atoms with Gasteiger partial charge in [-0.3, -0.25) is 30.3 Å². The number of nitrogens with two attached hydrogens (primary N) is 2. The van der Waals surface area contributed by atoms with Crippen molar-refractivity contribution >= 4 is 28.4 Å². The van der Waals surface area contributed by atoms with E-state index in [0.29, 0.717) is 0 Å². The van der Waals surface area contributed by atoms with Crippen molar-refractivity contribution < 1.29 is 19.9 Å². The Morgan fingerprint density at radius 3 is 1.21 bits per heavy atom. The van der Waals surface area contributed by atoms with Gasteiger partial charge in [0.25, 0.3) is 11.4 Å². The van der Waals surface area contributed by atoms with Crippen molar-refractivity contribution in [3.8, 4) is 5.75 Å². The van der Waals surface area contributed by atoms with Gasteiger partial charge in [-0.1, -0.05) is 0 Å². The molecule has 0 heterocycles. The molecule has 0 aliphatic heterocycles. The predicted octanol–water partition coefficient (Wildman–Crippen LogP) is 0.0254. The molecule has 0 fully saturated rings. The molecule has 13 nitrogen and oxygen atoms in total. The lowest BCUT2D eigenvalue weighted by molar-refractivity contribution is -0.418. The first-order valence-corrected chi connectivity index (χ1v) is 4.05. The van der Waals surface area contributed by atoms with Crippen LogP contribution in [0, 0.1) is 30.3 Å². The highest BCUT2D eigenvalue weighted by Crippen LogP contribution is 2.49. The van der Waals surface area contributed by atoms with Gasteiger partial charge in [-0.25, -0.2) is 0 Å². The van der Waals surface area contributed by atoms with E-state index in [9.17, 15) is 35.4 Å². The molecule has 1 aromatic carbocycles. The zero-order valence-electron chi connectivity index (χ0n) is 9.35. The molecule has 0 bridgehead atoms. The zero-order valence-corrected chi connectivity index (χ0v) is 9.35. The Hall–Kier alpha value is -3.22. The van der Waals surface area contributed by atoms with E-state index in [1.165, 1.54) is 0 Å². The molecule has 0 unspecified atom stereocenters. The number of quaternary nitrogens is 1. The molecule has 104 valence electrons. The average molecular weight is 276 g/mol. The maximum absolute atomic E-state index is 11.4.